The molecular weight excluding hydrogens is 407 g/mol. The molecule has 2 aromatic rings. The molecule has 1 heterocycles. The average molecular weight is 423 g/mol. The molecule has 0 atom stereocenters. The Balaban J connectivity index is 2.03. The number of phenolic OH excluding ortho intramolecular Hbond substituents is 1. The van der Waals surface area contributed by atoms with Crippen LogP contribution in [0, 0.1) is 18.3 Å². The number of hydrogen-bond acceptors (Lipinski definition) is 7. The van der Waals surface area contributed by atoms with Crippen LogP contribution in [-0.2, 0) is 16.1 Å². The number of pyridine rings is 1. The zero-order valence-corrected chi connectivity index (χ0v) is 16.5. The number of rotatable bonds is 7. The van der Waals surface area contributed by atoms with Crippen LogP contribution in [0.4, 0.5) is 0 Å². The third-order valence-electron chi connectivity index (χ3n) is 3.40. The first kappa shape index (κ1) is 21.4. The third-order valence-corrected chi connectivity index (χ3v) is 3.90. The minimum atomic E-state index is -0.593. The number of halogens is 2. The zero-order chi connectivity index (χ0) is 20.7. The summed E-state index contributed by atoms with van der Waals surface area (Å²) in [6, 6.07) is 6.52. The van der Waals surface area contributed by atoms with E-state index in [0.717, 1.165) is 0 Å². The fourth-order valence-electron chi connectivity index (χ4n) is 2.23. The minimum Gasteiger partial charge on any atom is -0.506 e. The largest absolute Gasteiger partial charge is 0.506 e. The van der Waals surface area contributed by atoms with E-state index in [1.165, 1.54) is 25.5 Å². The van der Waals surface area contributed by atoms with Crippen LogP contribution >= 0.6 is 23.2 Å². The van der Waals surface area contributed by atoms with Crippen LogP contribution in [-0.4, -0.2) is 35.9 Å². The van der Waals surface area contributed by atoms with Gasteiger partial charge in [0, 0.05) is 29.0 Å². The van der Waals surface area contributed by atoms with E-state index in [9.17, 15) is 15.2 Å². The van der Waals surface area contributed by atoms with Crippen molar-refractivity contribution in [3.63, 3.8) is 0 Å². The van der Waals surface area contributed by atoms with E-state index in [1.807, 2.05) is 6.07 Å². The monoisotopic (exact) mass is 422 g/mol. The molecular formula is C18H16Cl2N4O4. The van der Waals surface area contributed by atoms with E-state index in [-0.39, 0.29) is 34.4 Å². The summed E-state index contributed by atoms with van der Waals surface area (Å²) in [5.74, 6) is -0.772. The van der Waals surface area contributed by atoms with Gasteiger partial charge in [-0.3, -0.25) is 4.79 Å². The summed E-state index contributed by atoms with van der Waals surface area (Å²) in [6.45, 7) is 1.53. The second-order valence-electron chi connectivity index (χ2n) is 5.56. The van der Waals surface area contributed by atoms with Gasteiger partial charge < -0.3 is 14.6 Å². The molecule has 0 unspecified atom stereocenters. The maximum atomic E-state index is 11.9. The number of carbonyl (C=O) groups is 1. The first-order valence-electron chi connectivity index (χ1n) is 7.88. The molecule has 0 aliphatic rings. The second kappa shape index (κ2) is 9.90. The van der Waals surface area contributed by atoms with E-state index in [1.54, 1.807) is 13.0 Å². The van der Waals surface area contributed by atoms with Gasteiger partial charge in [0.05, 0.1) is 17.8 Å². The number of aryl methyl sites for hydroxylation is 1. The zero-order valence-electron chi connectivity index (χ0n) is 15.0. The van der Waals surface area contributed by atoms with Crippen molar-refractivity contribution in [2.45, 2.75) is 13.5 Å². The number of aromatic hydroxyl groups is 1. The molecule has 0 aliphatic carbocycles. The Kier molecular flexibility index (Phi) is 7.58. The summed E-state index contributed by atoms with van der Waals surface area (Å²) in [4.78, 5) is 16.1. The quantitative estimate of drug-likeness (QED) is 0.523. The van der Waals surface area contributed by atoms with Gasteiger partial charge in [-0.15, -0.1) is 0 Å². The van der Waals surface area contributed by atoms with Gasteiger partial charge in [0.25, 0.3) is 5.91 Å². The van der Waals surface area contributed by atoms with Gasteiger partial charge in [0.15, 0.2) is 6.61 Å². The number of benzene rings is 1. The fourth-order valence-corrected chi connectivity index (χ4v) is 2.74. The van der Waals surface area contributed by atoms with Gasteiger partial charge in [-0.1, -0.05) is 23.2 Å². The lowest BCUT2D eigenvalue weighted by atomic mass is 10.1. The molecule has 2 N–H and O–H groups in total. The summed E-state index contributed by atoms with van der Waals surface area (Å²) in [7, 11) is 1.51. The van der Waals surface area contributed by atoms with Crippen molar-refractivity contribution < 1.29 is 19.4 Å². The highest BCUT2D eigenvalue weighted by atomic mass is 35.5. The van der Waals surface area contributed by atoms with Crippen LogP contribution in [0.5, 0.6) is 11.6 Å². The molecule has 0 saturated carbocycles. The number of hydrogen-bond donors (Lipinski definition) is 2. The van der Waals surface area contributed by atoms with Gasteiger partial charge >= 0.3 is 0 Å². The van der Waals surface area contributed by atoms with E-state index >= 15 is 0 Å². The first-order valence-corrected chi connectivity index (χ1v) is 8.63. The van der Waals surface area contributed by atoms with Crippen molar-refractivity contribution in [3.8, 4) is 17.7 Å². The molecule has 8 nitrogen and oxygen atoms in total. The third kappa shape index (κ3) is 5.57. The Morgan fingerprint density at radius 1 is 1.43 bits per heavy atom. The normalized spacial score (nSPS) is 10.7. The van der Waals surface area contributed by atoms with Crippen LogP contribution in [0.25, 0.3) is 0 Å². The smallest absolute Gasteiger partial charge is 0.278 e. The number of nitriles is 1. The Bertz CT molecular complexity index is 958. The maximum absolute atomic E-state index is 11.9. The number of methoxy groups -OCH3 is 1. The number of nitrogens with one attached hydrogen (secondary N) is 1. The summed E-state index contributed by atoms with van der Waals surface area (Å²) in [6.07, 6.45) is 1.19. The number of carbonyl (C=O) groups excluding carboxylic acids is 1. The summed E-state index contributed by atoms with van der Waals surface area (Å²) in [5, 5.41) is 23.2. The van der Waals surface area contributed by atoms with E-state index in [4.69, 9.17) is 32.7 Å². The molecule has 0 saturated heterocycles. The van der Waals surface area contributed by atoms with Gasteiger partial charge in [-0.05, 0) is 25.1 Å². The average Bonchev–Trinajstić information content (AvgIpc) is 2.64. The molecule has 10 heteroatoms. The highest BCUT2D eigenvalue weighted by molar-refractivity contribution is 6.36. The fraction of sp³-hybridized carbons (Fsp3) is 0.222. The number of ether oxygens (including phenoxy) is 2. The lowest BCUT2D eigenvalue weighted by Crippen LogP contribution is -2.25. The Labute approximate surface area is 171 Å². The summed E-state index contributed by atoms with van der Waals surface area (Å²) in [5.41, 5.74) is 3.89. The van der Waals surface area contributed by atoms with Crippen molar-refractivity contribution in [3.05, 3.63) is 50.6 Å². The molecule has 28 heavy (non-hydrogen) atoms. The molecule has 0 spiro atoms. The van der Waals surface area contributed by atoms with Crippen LogP contribution in [0.1, 0.15) is 22.4 Å². The summed E-state index contributed by atoms with van der Waals surface area (Å²) >= 11 is 11.7. The standard InChI is InChI=1S/C18H16Cl2N4O4/c1-10-3-12(8-27-2)14(6-21)18(23-10)28-9-16(25)24-22-7-11-4-13(19)5-15(20)17(11)26/h3-5,7,26H,8-9H2,1-2H3,(H,24,25)/b22-7-. The number of hydrazone groups is 1. The van der Waals surface area contributed by atoms with Gasteiger partial charge in [0.1, 0.15) is 17.4 Å². The lowest BCUT2D eigenvalue weighted by molar-refractivity contribution is -0.123. The van der Waals surface area contributed by atoms with Crippen molar-refractivity contribution in [2.24, 2.45) is 5.10 Å². The predicted molar refractivity (Wildman–Crippen MR) is 104 cm³/mol. The molecule has 0 fully saturated rings. The van der Waals surface area contributed by atoms with Crippen molar-refractivity contribution >= 4 is 35.3 Å². The van der Waals surface area contributed by atoms with Crippen molar-refractivity contribution in [1.29, 1.82) is 5.26 Å². The molecule has 2 rings (SSSR count). The highest BCUT2D eigenvalue weighted by Gasteiger charge is 2.14. The number of aromatic nitrogens is 1. The highest BCUT2D eigenvalue weighted by Crippen LogP contribution is 2.29. The van der Waals surface area contributed by atoms with Crippen LogP contribution in [0.3, 0.4) is 0 Å². The first-order chi connectivity index (χ1) is 13.3. The van der Waals surface area contributed by atoms with E-state index in [2.05, 4.69) is 15.5 Å². The topological polar surface area (TPSA) is 117 Å². The van der Waals surface area contributed by atoms with Crippen LogP contribution in [0.15, 0.2) is 23.3 Å². The van der Waals surface area contributed by atoms with E-state index < -0.39 is 12.5 Å². The van der Waals surface area contributed by atoms with Crippen molar-refractivity contribution in [2.75, 3.05) is 13.7 Å². The van der Waals surface area contributed by atoms with Crippen LogP contribution < -0.4 is 10.2 Å². The molecule has 146 valence electrons. The maximum Gasteiger partial charge on any atom is 0.278 e. The second-order valence-corrected chi connectivity index (χ2v) is 6.40. The molecule has 0 bridgehead atoms. The van der Waals surface area contributed by atoms with Gasteiger partial charge in [0.2, 0.25) is 5.88 Å². The molecule has 1 amide bonds. The predicted octanol–water partition coefficient (Wildman–Crippen LogP) is 2.95. The Hall–Kier alpha value is -2.86. The minimum absolute atomic E-state index is 0.0351. The van der Waals surface area contributed by atoms with Crippen LogP contribution in [0.2, 0.25) is 10.0 Å². The summed E-state index contributed by atoms with van der Waals surface area (Å²) < 4.78 is 10.4. The van der Waals surface area contributed by atoms with Gasteiger partial charge in [-0.25, -0.2) is 10.4 Å². The molecule has 1 aromatic heterocycles. The molecule has 0 radical (unpaired) electrons. The van der Waals surface area contributed by atoms with Gasteiger partial charge in [-0.2, -0.15) is 10.4 Å². The molecule has 1 aromatic carbocycles. The lowest BCUT2D eigenvalue weighted by Gasteiger charge is -2.10. The number of nitrogens with zero attached hydrogens (tertiary/aromatic N) is 3. The number of amides is 1. The SMILES string of the molecule is COCc1cc(C)nc(OCC(=O)N/N=C\c2cc(Cl)cc(Cl)c2O)c1C#N. The Morgan fingerprint density at radius 3 is 2.86 bits per heavy atom. The molecule has 0 aliphatic heterocycles. The Morgan fingerprint density at radius 2 is 2.18 bits per heavy atom. The number of phenols is 1. The van der Waals surface area contributed by atoms with Crippen molar-refractivity contribution in [1.82, 2.24) is 10.4 Å². The van der Waals surface area contributed by atoms with E-state index in [0.29, 0.717) is 16.3 Å².